The second kappa shape index (κ2) is 6.79. The molecule has 1 aromatic rings. The monoisotopic (exact) mass is 336 g/mol. The number of piperidine rings is 1. The van der Waals surface area contributed by atoms with E-state index in [0.717, 1.165) is 25.7 Å². The van der Waals surface area contributed by atoms with Crippen LogP contribution in [0.2, 0.25) is 5.02 Å². The van der Waals surface area contributed by atoms with E-state index in [2.05, 4.69) is 5.32 Å². The second-order valence-electron chi connectivity index (χ2n) is 6.19. The predicted octanol–water partition coefficient (Wildman–Crippen LogP) is 2.48. The summed E-state index contributed by atoms with van der Waals surface area (Å²) < 4.78 is 5.22. The minimum atomic E-state index is -0.184. The number of nitrogens with zero attached hydrogens (tertiary/aromatic N) is 1. The molecule has 5 nitrogen and oxygen atoms in total. The molecule has 3 rings (SSSR count). The zero-order valence-electron chi connectivity index (χ0n) is 13.2. The lowest BCUT2D eigenvalue weighted by Crippen LogP contribution is -2.47. The van der Waals surface area contributed by atoms with Crippen LogP contribution in [-0.2, 0) is 4.79 Å². The molecule has 1 aromatic carbocycles. The van der Waals surface area contributed by atoms with Crippen molar-refractivity contribution in [3.8, 4) is 5.75 Å². The number of nitrogens with one attached hydrogen (secondary N) is 1. The maximum absolute atomic E-state index is 12.4. The van der Waals surface area contributed by atoms with Crippen LogP contribution in [0.25, 0.3) is 0 Å². The maximum atomic E-state index is 12.4. The Hall–Kier alpha value is -1.75. The van der Waals surface area contributed by atoms with Gasteiger partial charge in [0.05, 0.1) is 12.7 Å². The molecule has 1 heterocycles. The molecule has 1 aliphatic carbocycles. The number of rotatable bonds is 4. The molecule has 1 saturated carbocycles. The first-order chi connectivity index (χ1) is 11.1. The molecule has 0 atom stereocenters. The highest BCUT2D eigenvalue weighted by molar-refractivity contribution is 6.31. The van der Waals surface area contributed by atoms with Gasteiger partial charge in [0.1, 0.15) is 5.75 Å². The summed E-state index contributed by atoms with van der Waals surface area (Å²) in [5.41, 5.74) is 0.441. The van der Waals surface area contributed by atoms with Gasteiger partial charge in [0.15, 0.2) is 0 Å². The molecule has 1 saturated heterocycles. The maximum Gasteiger partial charge on any atom is 0.255 e. The fourth-order valence-corrected chi connectivity index (χ4v) is 3.13. The molecule has 2 aliphatic rings. The number of carbonyl (C=O) groups excluding carboxylic acids is 2. The lowest BCUT2D eigenvalue weighted by atomic mass is 10.0. The minimum absolute atomic E-state index is 0.0782. The Kier molecular flexibility index (Phi) is 4.76. The van der Waals surface area contributed by atoms with Crippen molar-refractivity contribution >= 4 is 23.4 Å². The van der Waals surface area contributed by atoms with Gasteiger partial charge in [-0.2, -0.15) is 0 Å². The van der Waals surface area contributed by atoms with Gasteiger partial charge in [0.2, 0.25) is 5.91 Å². The largest absolute Gasteiger partial charge is 0.496 e. The number of methoxy groups -OCH3 is 1. The Morgan fingerprint density at radius 3 is 2.52 bits per heavy atom. The van der Waals surface area contributed by atoms with Gasteiger partial charge in [-0.05, 0) is 43.9 Å². The zero-order valence-corrected chi connectivity index (χ0v) is 13.9. The standard InChI is InChI=1S/C17H21ClN2O3/c1-23-15-5-4-12(18)10-14(15)16(21)19-13-6-8-20(9-7-13)17(22)11-2-3-11/h4-5,10-11,13H,2-3,6-9H2,1H3,(H,19,21). The van der Waals surface area contributed by atoms with Crippen molar-refractivity contribution in [2.24, 2.45) is 5.92 Å². The van der Waals surface area contributed by atoms with E-state index in [1.165, 1.54) is 7.11 Å². The summed E-state index contributed by atoms with van der Waals surface area (Å²) in [5, 5.41) is 3.53. The van der Waals surface area contributed by atoms with E-state index in [-0.39, 0.29) is 23.8 Å². The number of carbonyl (C=O) groups is 2. The molecule has 124 valence electrons. The van der Waals surface area contributed by atoms with Gasteiger partial charge in [0.25, 0.3) is 5.91 Å². The Morgan fingerprint density at radius 1 is 1.22 bits per heavy atom. The molecule has 0 aromatic heterocycles. The van der Waals surface area contributed by atoms with Crippen molar-refractivity contribution < 1.29 is 14.3 Å². The van der Waals surface area contributed by atoms with Crippen LogP contribution in [0.5, 0.6) is 5.75 Å². The van der Waals surface area contributed by atoms with Crippen LogP contribution in [0.1, 0.15) is 36.0 Å². The third-order valence-electron chi connectivity index (χ3n) is 4.47. The van der Waals surface area contributed by atoms with Gasteiger partial charge in [-0.1, -0.05) is 11.6 Å². The highest BCUT2D eigenvalue weighted by Crippen LogP contribution is 2.32. The van der Waals surface area contributed by atoms with Crippen molar-refractivity contribution in [2.75, 3.05) is 20.2 Å². The van der Waals surface area contributed by atoms with Crippen LogP contribution in [0.4, 0.5) is 0 Å². The van der Waals surface area contributed by atoms with Crippen molar-refractivity contribution in [1.82, 2.24) is 10.2 Å². The molecular weight excluding hydrogens is 316 g/mol. The molecule has 0 spiro atoms. The Morgan fingerprint density at radius 2 is 1.91 bits per heavy atom. The van der Waals surface area contributed by atoms with Crippen LogP contribution >= 0.6 is 11.6 Å². The van der Waals surface area contributed by atoms with Crippen LogP contribution in [0.3, 0.4) is 0 Å². The highest BCUT2D eigenvalue weighted by Gasteiger charge is 2.35. The lowest BCUT2D eigenvalue weighted by Gasteiger charge is -2.32. The van der Waals surface area contributed by atoms with E-state index < -0.39 is 0 Å². The number of hydrogen-bond donors (Lipinski definition) is 1. The van der Waals surface area contributed by atoms with Gasteiger partial charge in [-0.15, -0.1) is 0 Å². The molecule has 23 heavy (non-hydrogen) atoms. The summed E-state index contributed by atoms with van der Waals surface area (Å²) in [6.07, 6.45) is 3.63. The smallest absolute Gasteiger partial charge is 0.255 e. The number of benzene rings is 1. The van der Waals surface area contributed by atoms with Crippen molar-refractivity contribution in [3.05, 3.63) is 28.8 Å². The number of ether oxygens (including phenoxy) is 1. The number of likely N-dealkylation sites (tertiary alicyclic amines) is 1. The first kappa shape index (κ1) is 16.1. The van der Waals surface area contributed by atoms with Gasteiger partial charge in [-0.25, -0.2) is 0 Å². The average molecular weight is 337 g/mol. The van der Waals surface area contributed by atoms with Gasteiger partial charge >= 0.3 is 0 Å². The molecule has 6 heteroatoms. The van der Waals surface area contributed by atoms with Crippen molar-refractivity contribution in [3.63, 3.8) is 0 Å². The van der Waals surface area contributed by atoms with E-state index in [1.54, 1.807) is 18.2 Å². The molecule has 0 bridgehead atoms. The Labute approximate surface area is 140 Å². The van der Waals surface area contributed by atoms with Crippen LogP contribution in [0.15, 0.2) is 18.2 Å². The topological polar surface area (TPSA) is 58.6 Å². The summed E-state index contributed by atoms with van der Waals surface area (Å²) in [7, 11) is 1.53. The van der Waals surface area contributed by atoms with Crippen LogP contribution < -0.4 is 10.1 Å². The van der Waals surface area contributed by atoms with Crippen LogP contribution in [-0.4, -0.2) is 43.0 Å². The molecule has 2 amide bonds. The third-order valence-corrected chi connectivity index (χ3v) is 4.71. The van der Waals surface area contributed by atoms with E-state index >= 15 is 0 Å². The summed E-state index contributed by atoms with van der Waals surface area (Å²) in [5.74, 6) is 0.868. The Balaban J connectivity index is 1.57. The summed E-state index contributed by atoms with van der Waals surface area (Å²) in [4.78, 5) is 26.4. The molecule has 1 aliphatic heterocycles. The molecule has 2 fully saturated rings. The molecular formula is C17H21ClN2O3. The van der Waals surface area contributed by atoms with Gasteiger partial charge in [0, 0.05) is 30.1 Å². The van der Waals surface area contributed by atoms with Crippen LogP contribution in [0, 0.1) is 5.92 Å². The van der Waals surface area contributed by atoms with E-state index in [9.17, 15) is 9.59 Å². The lowest BCUT2D eigenvalue weighted by molar-refractivity contribution is -0.133. The molecule has 0 unspecified atom stereocenters. The summed E-state index contributed by atoms with van der Waals surface area (Å²) >= 11 is 5.97. The van der Waals surface area contributed by atoms with Crippen molar-refractivity contribution in [2.45, 2.75) is 31.7 Å². The predicted molar refractivity (Wildman–Crippen MR) is 87.8 cm³/mol. The number of halogens is 1. The van der Waals surface area contributed by atoms with Gasteiger partial charge < -0.3 is 15.0 Å². The number of hydrogen-bond acceptors (Lipinski definition) is 3. The number of amides is 2. The molecule has 1 N–H and O–H groups in total. The van der Waals surface area contributed by atoms with E-state index in [1.807, 2.05) is 4.90 Å². The second-order valence-corrected chi connectivity index (χ2v) is 6.63. The fourth-order valence-electron chi connectivity index (χ4n) is 2.95. The van der Waals surface area contributed by atoms with Gasteiger partial charge in [-0.3, -0.25) is 9.59 Å². The SMILES string of the molecule is COc1ccc(Cl)cc1C(=O)NC1CCN(C(=O)C2CC2)CC1. The average Bonchev–Trinajstić information content (AvgIpc) is 3.39. The highest BCUT2D eigenvalue weighted by atomic mass is 35.5. The zero-order chi connectivity index (χ0) is 16.4. The molecule has 0 radical (unpaired) electrons. The van der Waals surface area contributed by atoms with E-state index in [0.29, 0.717) is 29.4 Å². The first-order valence-corrected chi connectivity index (χ1v) is 8.39. The third kappa shape index (κ3) is 3.78. The summed E-state index contributed by atoms with van der Waals surface area (Å²) in [6, 6.07) is 5.07. The fraction of sp³-hybridized carbons (Fsp3) is 0.529. The summed E-state index contributed by atoms with van der Waals surface area (Å²) in [6.45, 7) is 1.43. The Bertz CT molecular complexity index is 608. The normalized spacial score (nSPS) is 18.6. The minimum Gasteiger partial charge on any atom is -0.496 e. The van der Waals surface area contributed by atoms with E-state index in [4.69, 9.17) is 16.3 Å². The quantitative estimate of drug-likeness (QED) is 0.919. The first-order valence-electron chi connectivity index (χ1n) is 8.01. The van der Waals surface area contributed by atoms with Crippen molar-refractivity contribution in [1.29, 1.82) is 0 Å².